The lowest BCUT2D eigenvalue weighted by Gasteiger charge is -2.16. The van der Waals surface area contributed by atoms with Crippen LogP contribution in [0.25, 0.3) is 0 Å². The summed E-state index contributed by atoms with van der Waals surface area (Å²) in [6.07, 6.45) is -0.0277. The van der Waals surface area contributed by atoms with Gasteiger partial charge in [-0.25, -0.2) is 9.18 Å². The average molecular weight is 297 g/mol. The molecule has 0 aromatic heterocycles. The van der Waals surface area contributed by atoms with Crippen LogP contribution in [-0.4, -0.2) is 38.1 Å². The first kappa shape index (κ1) is 16.6. The number of methoxy groups -OCH3 is 2. The summed E-state index contributed by atoms with van der Waals surface area (Å²) in [7, 11) is 2.39. The van der Waals surface area contributed by atoms with Crippen LogP contribution < -0.4 is 5.32 Å². The summed E-state index contributed by atoms with van der Waals surface area (Å²) in [5.41, 5.74) is 0.0713. The van der Waals surface area contributed by atoms with Gasteiger partial charge >= 0.3 is 11.9 Å². The zero-order valence-electron chi connectivity index (χ0n) is 11.7. The van der Waals surface area contributed by atoms with Crippen molar-refractivity contribution in [3.63, 3.8) is 0 Å². The van der Waals surface area contributed by atoms with E-state index in [9.17, 15) is 18.8 Å². The first-order valence-electron chi connectivity index (χ1n) is 6.19. The molecule has 21 heavy (non-hydrogen) atoms. The van der Waals surface area contributed by atoms with Crippen molar-refractivity contribution in [2.24, 2.45) is 0 Å². The Bertz CT molecular complexity index is 532. The largest absolute Gasteiger partial charge is 0.469 e. The van der Waals surface area contributed by atoms with Crippen molar-refractivity contribution < 1.29 is 28.2 Å². The number of rotatable bonds is 6. The molecule has 0 unspecified atom stereocenters. The standard InChI is InChI=1S/C14H16FNO5/c1-20-12(17)7-6-11(14(19)21-2)16-13(18)9-4-3-5-10(15)8-9/h3-5,8,11H,6-7H2,1-2H3,(H,16,18)/t11-/m1/s1. The fourth-order valence-corrected chi connectivity index (χ4v) is 1.63. The van der Waals surface area contributed by atoms with Gasteiger partial charge in [0.15, 0.2) is 0 Å². The number of nitrogens with one attached hydrogen (secondary N) is 1. The molecule has 7 heteroatoms. The second kappa shape index (κ2) is 7.98. The first-order chi connectivity index (χ1) is 9.97. The molecule has 6 nitrogen and oxygen atoms in total. The molecule has 1 atom stereocenters. The molecular weight excluding hydrogens is 281 g/mol. The van der Waals surface area contributed by atoms with Crippen LogP contribution in [0.15, 0.2) is 24.3 Å². The average Bonchev–Trinajstić information content (AvgIpc) is 2.49. The number of ether oxygens (including phenoxy) is 2. The van der Waals surface area contributed by atoms with E-state index in [0.717, 1.165) is 6.07 Å². The lowest BCUT2D eigenvalue weighted by Crippen LogP contribution is -2.41. The topological polar surface area (TPSA) is 81.7 Å². The summed E-state index contributed by atoms with van der Waals surface area (Å²) in [6.45, 7) is 0. The SMILES string of the molecule is COC(=O)CC[C@@H](NC(=O)c1cccc(F)c1)C(=O)OC. The van der Waals surface area contributed by atoms with Gasteiger partial charge in [-0.05, 0) is 24.6 Å². The lowest BCUT2D eigenvalue weighted by atomic mass is 10.1. The molecular formula is C14H16FNO5. The number of hydrogen-bond donors (Lipinski definition) is 1. The van der Waals surface area contributed by atoms with Crippen LogP contribution in [0.1, 0.15) is 23.2 Å². The van der Waals surface area contributed by atoms with Gasteiger partial charge in [-0.3, -0.25) is 9.59 Å². The van der Waals surface area contributed by atoms with E-state index in [4.69, 9.17) is 0 Å². The van der Waals surface area contributed by atoms with E-state index in [0.29, 0.717) is 0 Å². The number of esters is 2. The smallest absolute Gasteiger partial charge is 0.328 e. The molecule has 114 valence electrons. The normalized spacial score (nSPS) is 11.4. The maximum atomic E-state index is 13.1. The van der Waals surface area contributed by atoms with Gasteiger partial charge in [0.2, 0.25) is 0 Å². The van der Waals surface area contributed by atoms with Crippen LogP contribution in [0, 0.1) is 5.82 Å². The van der Waals surface area contributed by atoms with E-state index in [1.54, 1.807) is 0 Å². The van der Waals surface area contributed by atoms with E-state index in [-0.39, 0.29) is 18.4 Å². The number of halogens is 1. The quantitative estimate of drug-likeness (QED) is 0.794. The number of benzene rings is 1. The number of amides is 1. The molecule has 1 amide bonds. The molecule has 0 saturated carbocycles. The van der Waals surface area contributed by atoms with Gasteiger partial charge in [-0.1, -0.05) is 6.07 Å². The van der Waals surface area contributed by atoms with Crippen molar-refractivity contribution in [1.29, 1.82) is 0 Å². The van der Waals surface area contributed by atoms with Gasteiger partial charge < -0.3 is 14.8 Å². The Balaban J connectivity index is 2.73. The third-order valence-corrected chi connectivity index (χ3v) is 2.74. The van der Waals surface area contributed by atoms with Crippen LogP contribution in [-0.2, 0) is 19.1 Å². The summed E-state index contributed by atoms with van der Waals surface area (Å²) < 4.78 is 22.1. The zero-order valence-corrected chi connectivity index (χ0v) is 11.7. The third kappa shape index (κ3) is 5.21. The van der Waals surface area contributed by atoms with E-state index in [1.165, 1.54) is 32.4 Å². The van der Waals surface area contributed by atoms with E-state index in [2.05, 4.69) is 14.8 Å². The van der Waals surface area contributed by atoms with Crippen molar-refractivity contribution in [1.82, 2.24) is 5.32 Å². The molecule has 0 heterocycles. The van der Waals surface area contributed by atoms with Gasteiger partial charge in [-0.2, -0.15) is 0 Å². The lowest BCUT2D eigenvalue weighted by molar-refractivity contribution is -0.144. The molecule has 1 N–H and O–H groups in total. The summed E-state index contributed by atoms with van der Waals surface area (Å²) in [5.74, 6) is -2.39. The highest BCUT2D eigenvalue weighted by Gasteiger charge is 2.23. The Morgan fingerprint density at radius 2 is 1.95 bits per heavy atom. The van der Waals surface area contributed by atoms with Crippen LogP contribution in [0.3, 0.4) is 0 Å². The summed E-state index contributed by atoms with van der Waals surface area (Å²) in [5, 5.41) is 2.40. The molecule has 0 aliphatic rings. The van der Waals surface area contributed by atoms with Crippen molar-refractivity contribution >= 4 is 17.8 Å². The third-order valence-electron chi connectivity index (χ3n) is 2.74. The first-order valence-corrected chi connectivity index (χ1v) is 6.19. The van der Waals surface area contributed by atoms with Crippen LogP contribution >= 0.6 is 0 Å². The van der Waals surface area contributed by atoms with Crippen molar-refractivity contribution in [3.8, 4) is 0 Å². The predicted molar refractivity (Wildman–Crippen MR) is 70.9 cm³/mol. The van der Waals surface area contributed by atoms with Gasteiger partial charge in [0.25, 0.3) is 5.91 Å². The van der Waals surface area contributed by atoms with E-state index in [1.807, 2.05) is 0 Å². The minimum Gasteiger partial charge on any atom is -0.469 e. The van der Waals surface area contributed by atoms with Gasteiger partial charge in [0, 0.05) is 12.0 Å². The molecule has 0 aliphatic heterocycles. The fraction of sp³-hybridized carbons (Fsp3) is 0.357. The Morgan fingerprint density at radius 3 is 2.52 bits per heavy atom. The van der Waals surface area contributed by atoms with Crippen molar-refractivity contribution in [3.05, 3.63) is 35.6 Å². The van der Waals surface area contributed by atoms with Crippen molar-refractivity contribution in [2.45, 2.75) is 18.9 Å². The van der Waals surface area contributed by atoms with Gasteiger partial charge in [0.1, 0.15) is 11.9 Å². The highest BCUT2D eigenvalue weighted by Crippen LogP contribution is 2.06. The van der Waals surface area contributed by atoms with Crippen LogP contribution in [0.4, 0.5) is 4.39 Å². The molecule has 0 saturated heterocycles. The number of hydrogen-bond acceptors (Lipinski definition) is 5. The summed E-state index contributed by atoms with van der Waals surface area (Å²) in [4.78, 5) is 34.6. The molecule has 0 radical (unpaired) electrons. The molecule has 1 aromatic carbocycles. The minimum absolute atomic E-state index is 0.0282. The highest BCUT2D eigenvalue weighted by molar-refractivity contribution is 5.96. The number of carbonyl (C=O) groups is 3. The second-order valence-electron chi connectivity index (χ2n) is 4.17. The maximum Gasteiger partial charge on any atom is 0.328 e. The summed E-state index contributed by atoms with van der Waals surface area (Å²) in [6, 6.07) is 4.03. The maximum absolute atomic E-state index is 13.1. The van der Waals surface area contributed by atoms with Crippen LogP contribution in [0.2, 0.25) is 0 Å². The number of carbonyl (C=O) groups excluding carboxylic acids is 3. The monoisotopic (exact) mass is 297 g/mol. The van der Waals surface area contributed by atoms with E-state index < -0.39 is 29.7 Å². The van der Waals surface area contributed by atoms with Crippen molar-refractivity contribution in [2.75, 3.05) is 14.2 Å². The van der Waals surface area contributed by atoms with Crippen LogP contribution in [0.5, 0.6) is 0 Å². The van der Waals surface area contributed by atoms with Gasteiger partial charge in [-0.15, -0.1) is 0 Å². The molecule has 1 rings (SSSR count). The highest BCUT2D eigenvalue weighted by atomic mass is 19.1. The molecule has 0 bridgehead atoms. The Hall–Kier alpha value is -2.44. The Kier molecular flexibility index (Phi) is 6.32. The molecule has 0 spiro atoms. The Labute approximate surface area is 121 Å². The molecule has 0 aliphatic carbocycles. The Morgan fingerprint density at radius 1 is 1.24 bits per heavy atom. The fourth-order valence-electron chi connectivity index (χ4n) is 1.63. The molecule has 0 fully saturated rings. The molecule has 1 aromatic rings. The summed E-state index contributed by atoms with van der Waals surface area (Å²) >= 11 is 0. The van der Waals surface area contributed by atoms with Gasteiger partial charge in [0.05, 0.1) is 14.2 Å². The second-order valence-corrected chi connectivity index (χ2v) is 4.17. The van der Waals surface area contributed by atoms with E-state index >= 15 is 0 Å². The zero-order chi connectivity index (χ0) is 15.8. The predicted octanol–water partition coefficient (Wildman–Crippen LogP) is 1.05. The minimum atomic E-state index is -1.01.